The summed E-state index contributed by atoms with van der Waals surface area (Å²) >= 11 is 6.16. The van der Waals surface area contributed by atoms with Gasteiger partial charge >= 0.3 is 12.2 Å². The Morgan fingerprint density at radius 1 is 0.913 bits per heavy atom. The Morgan fingerprint density at radius 3 is 2.36 bits per heavy atom. The Labute approximate surface area is 415 Å². The Morgan fingerprint density at radius 2 is 1.64 bits per heavy atom. The predicted molar refractivity (Wildman–Crippen MR) is 274 cm³/mol. The van der Waals surface area contributed by atoms with Crippen molar-refractivity contribution in [3.8, 4) is 11.5 Å². The highest BCUT2D eigenvalue weighted by atomic mass is 35.5. The number of halogens is 1. The van der Waals surface area contributed by atoms with Crippen LogP contribution in [0.5, 0.6) is 11.5 Å². The summed E-state index contributed by atoms with van der Waals surface area (Å²) in [5.41, 5.74) is 3.35. The van der Waals surface area contributed by atoms with Gasteiger partial charge in [-0.3, -0.25) is 4.90 Å². The van der Waals surface area contributed by atoms with Crippen LogP contribution in [-0.2, 0) is 20.9 Å². The van der Waals surface area contributed by atoms with Gasteiger partial charge in [0.05, 0.1) is 30.7 Å². The summed E-state index contributed by atoms with van der Waals surface area (Å²) in [6.45, 7) is 9.46. The van der Waals surface area contributed by atoms with E-state index >= 15 is 0 Å². The van der Waals surface area contributed by atoms with Crippen LogP contribution >= 0.6 is 11.6 Å². The topological polar surface area (TPSA) is 148 Å². The van der Waals surface area contributed by atoms with Crippen molar-refractivity contribution < 1.29 is 43.6 Å². The summed E-state index contributed by atoms with van der Waals surface area (Å²) in [4.78, 5) is 35.8. The highest BCUT2D eigenvalue weighted by Gasteiger charge is 2.65. The maximum atomic E-state index is 14.8. The lowest BCUT2D eigenvalue weighted by molar-refractivity contribution is -0.256. The number of allylic oxidation sites excluding steroid dienone is 1. The number of amides is 2. The van der Waals surface area contributed by atoms with Gasteiger partial charge in [0.15, 0.2) is 0 Å². The number of oxime groups is 1. The molecule has 0 saturated heterocycles. The average Bonchev–Trinajstić information content (AvgIpc) is 3.36. The Bertz CT molecular complexity index is 2140. The first-order valence-electron chi connectivity index (χ1n) is 26.0. The highest BCUT2D eigenvalue weighted by Crippen LogP contribution is 2.62. The number of hydrogen-bond donors (Lipinski definition) is 3. The lowest BCUT2D eigenvalue weighted by Gasteiger charge is -2.59. The van der Waals surface area contributed by atoms with Crippen LogP contribution in [0.4, 0.5) is 9.59 Å². The van der Waals surface area contributed by atoms with Gasteiger partial charge in [-0.05, 0) is 91.0 Å². The molecule has 3 aliphatic rings. The number of nitrogens with one attached hydrogen (secondary N) is 1. The predicted octanol–water partition coefficient (Wildman–Crippen LogP) is 12.4. The molecule has 1 saturated carbocycles. The van der Waals surface area contributed by atoms with E-state index in [1.807, 2.05) is 43.3 Å². The minimum absolute atomic E-state index is 0.00148. The molecule has 13 heteroatoms. The molecule has 6 rings (SSSR count). The van der Waals surface area contributed by atoms with Crippen LogP contribution < -0.4 is 14.8 Å². The van der Waals surface area contributed by atoms with Gasteiger partial charge in [-0.25, -0.2) is 9.59 Å². The second kappa shape index (κ2) is 28.3. The molecule has 12 nitrogen and oxygen atoms in total. The quantitative estimate of drug-likeness (QED) is 0.0257. The largest absolute Gasteiger partial charge is 0.459 e. The number of alkyl halides is 1. The molecule has 2 amide bonds. The number of benzene rings is 3. The normalized spacial score (nSPS) is 22.0. The van der Waals surface area contributed by atoms with E-state index in [0.717, 1.165) is 72.4 Å². The summed E-state index contributed by atoms with van der Waals surface area (Å²) < 4.78 is 26.5. The first-order chi connectivity index (χ1) is 33.8. The summed E-state index contributed by atoms with van der Waals surface area (Å²) in [6, 6.07) is 18.9. The second-order valence-electron chi connectivity index (χ2n) is 18.8. The molecule has 6 atom stereocenters. The second-order valence-corrected chi connectivity index (χ2v) is 19.1. The number of fused-ring (bicyclic) bond motifs is 3. The molecule has 0 radical (unpaired) electrons. The third-order valence-corrected chi connectivity index (χ3v) is 14.2. The Balaban J connectivity index is 1.42. The van der Waals surface area contributed by atoms with Crippen LogP contribution in [0, 0.1) is 17.8 Å². The molecule has 0 aromatic heterocycles. The molecular weight excluding hydrogens is 894 g/mol. The number of aliphatic hydroxyl groups excluding tert-OH is 2. The molecule has 3 aromatic carbocycles. The molecule has 69 heavy (non-hydrogen) atoms. The highest BCUT2D eigenvalue weighted by molar-refractivity contribution is 6.18. The van der Waals surface area contributed by atoms with Crippen molar-refractivity contribution in [2.45, 2.75) is 147 Å². The zero-order chi connectivity index (χ0) is 48.9. The lowest BCUT2D eigenvalue weighted by Crippen LogP contribution is -2.70. The molecule has 1 aliphatic heterocycles. The van der Waals surface area contributed by atoms with E-state index in [2.05, 4.69) is 43.1 Å². The number of unbranched alkanes of at least 4 members (excludes halogenated alkanes) is 11. The monoisotopic (exact) mass is 972 g/mol. The third kappa shape index (κ3) is 14.0. The molecule has 3 N–H and O–H groups in total. The molecule has 1 fully saturated rings. The molecular formula is C56H78ClN3O9. The van der Waals surface area contributed by atoms with Crippen molar-refractivity contribution in [3.63, 3.8) is 0 Å². The van der Waals surface area contributed by atoms with Gasteiger partial charge in [-0.15, -0.1) is 18.2 Å². The third-order valence-electron chi connectivity index (χ3n) is 14.1. The minimum atomic E-state index is -1.51. The fourth-order valence-electron chi connectivity index (χ4n) is 10.9. The van der Waals surface area contributed by atoms with Crippen LogP contribution in [0.1, 0.15) is 140 Å². The smallest absolute Gasteiger partial charge is 0.412 e. The number of ether oxygens (including phenoxy) is 4. The fraction of sp³-hybridized carbons (Fsp3) is 0.589. The maximum absolute atomic E-state index is 14.8. The molecule has 378 valence electrons. The molecule has 6 unspecified atom stereocenters. The number of rotatable bonds is 30. The molecule has 0 bridgehead atoms. The van der Waals surface area contributed by atoms with Crippen molar-refractivity contribution in [2.24, 2.45) is 22.9 Å². The number of hydrogen-bond acceptors (Lipinski definition) is 10. The number of aliphatic hydroxyl groups is 2. The van der Waals surface area contributed by atoms with E-state index in [4.69, 9.17) is 40.5 Å². The molecule has 2 aliphatic carbocycles. The van der Waals surface area contributed by atoms with Gasteiger partial charge < -0.3 is 39.3 Å². The van der Waals surface area contributed by atoms with E-state index in [0.29, 0.717) is 43.2 Å². The van der Waals surface area contributed by atoms with Gasteiger partial charge in [-0.1, -0.05) is 137 Å². The van der Waals surface area contributed by atoms with Crippen molar-refractivity contribution in [1.82, 2.24) is 10.2 Å². The minimum Gasteiger partial charge on any atom is -0.459 e. The standard InChI is InChI=1S/C56H78ClN3O9/c1-4-7-8-9-10-11-12-13-14-19-32-58-54(63)68-44-29-30-50-48(38-44)52-46(28-18-21-34-62)42(24-17-20-33-61)37-47-49(59-67-6-3)39-51(56(69-50,53(47)52)66-35-5-2)60(55(64)65-36-31-57)40-43-26-22-25-41-23-15-16-27-45(41)43/h5,15-16,22-23,25-27,29-30,37-38,42,46,51-53,61-62H,2,4,6-14,17-21,24,28,31-36,39-40H2,1,3H3,(H,58,63). The van der Waals surface area contributed by atoms with Gasteiger partial charge in [0, 0.05) is 37.7 Å². The van der Waals surface area contributed by atoms with Crippen molar-refractivity contribution in [1.29, 1.82) is 0 Å². The van der Waals surface area contributed by atoms with Gasteiger partial charge in [0.25, 0.3) is 0 Å². The van der Waals surface area contributed by atoms with E-state index in [1.54, 1.807) is 17.0 Å². The van der Waals surface area contributed by atoms with Crippen molar-refractivity contribution in [3.05, 3.63) is 96.1 Å². The Kier molecular flexibility index (Phi) is 22.0. The Hall–Kier alpha value is -4.62. The summed E-state index contributed by atoms with van der Waals surface area (Å²) in [7, 11) is 0. The van der Waals surface area contributed by atoms with Gasteiger partial charge in [0.2, 0.25) is 5.79 Å². The van der Waals surface area contributed by atoms with Crippen molar-refractivity contribution in [2.75, 3.05) is 45.5 Å². The fourth-order valence-corrected chi connectivity index (χ4v) is 11.0. The number of carbonyl (C=O) groups excluding carboxylic acids is 2. The van der Waals surface area contributed by atoms with E-state index in [9.17, 15) is 19.8 Å². The molecule has 3 aromatic rings. The number of carbonyl (C=O) groups is 2. The van der Waals surface area contributed by atoms with Crippen LogP contribution in [-0.4, -0.2) is 90.3 Å². The van der Waals surface area contributed by atoms with Crippen LogP contribution in [0.25, 0.3) is 10.8 Å². The average molecular weight is 973 g/mol. The summed E-state index contributed by atoms with van der Waals surface area (Å²) in [5.74, 6) is -1.28. The van der Waals surface area contributed by atoms with Crippen LogP contribution in [0.2, 0.25) is 0 Å². The molecule has 1 heterocycles. The summed E-state index contributed by atoms with van der Waals surface area (Å²) in [6.07, 6.45) is 19.6. The first-order valence-corrected chi connectivity index (χ1v) is 26.5. The first kappa shape index (κ1) is 53.7. The van der Waals surface area contributed by atoms with E-state index < -0.39 is 29.9 Å². The number of nitrogens with zero attached hydrogens (tertiary/aromatic N) is 2. The van der Waals surface area contributed by atoms with Crippen LogP contribution in [0.3, 0.4) is 0 Å². The van der Waals surface area contributed by atoms with E-state index in [-0.39, 0.29) is 63.0 Å². The molecule has 0 spiro atoms. The zero-order valence-corrected chi connectivity index (χ0v) is 42.0. The SMILES string of the molecule is C=CCOC12Oc3ccc(OC(=O)NCCCCCCCCCCCC)cc3C3C(CCCCO)C(CCCCO)C=C(C(=NOCC)CC1N(Cc1cccc4ccccc14)C(=O)OCCCl)C32. The summed E-state index contributed by atoms with van der Waals surface area (Å²) in [5, 5.41) is 29.8. The van der Waals surface area contributed by atoms with Gasteiger partial charge in [-0.2, -0.15) is 0 Å². The zero-order valence-electron chi connectivity index (χ0n) is 41.2. The van der Waals surface area contributed by atoms with Crippen LogP contribution in [0.15, 0.2) is 90.1 Å². The van der Waals surface area contributed by atoms with Crippen molar-refractivity contribution >= 4 is 40.3 Å². The van der Waals surface area contributed by atoms with E-state index in [1.165, 1.54) is 44.9 Å². The van der Waals surface area contributed by atoms with Gasteiger partial charge in [0.1, 0.15) is 30.8 Å². The maximum Gasteiger partial charge on any atom is 0.412 e. The lowest BCUT2D eigenvalue weighted by atomic mass is 9.55.